The second-order valence-electron chi connectivity index (χ2n) is 6.63. The first kappa shape index (κ1) is 18.0. The molecule has 6 nitrogen and oxygen atoms in total. The van der Waals surface area contributed by atoms with Crippen LogP contribution in [0.15, 0.2) is 47.1 Å². The van der Waals surface area contributed by atoms with Gasteiger partial charge in [-0.1, -0.05) is 18.2 Å². The molecule has 142 valence electrons. The highest BCUT2D eigenvalue weighted by Gasteiger charge is 2.27. The summed E-state index contributed by atoms with van der Waals surface area (Å²) in [4.78, 5) is 28.7. The third kappa shape index (κ3) is 3.53. The number of pyridine rings is 1. The second-order valence-corrected chi connectivity index (χ2v) is 6.63. The molecule has 4 rings (SSSR count). The maximum atomic E-state index is 12.9. The lowest BCUT2D eigenvalue weighted by atomic mass is 10.0. The molecule has 1 aliphatic carbocycles. The van der Waals surface area contributed by atoms with Crippen LogP contribution < -0.4 is 5.32 Å². The van der Waals surface area contributed by atoms with Crippen molar-refractivity contribution in [3.05, 3.63) is 65.2 Å². The van der Waals surface area contributed by atoms with Crippen molar-refractivity contribution in [3.8, 4) is 0 Å². The molecule has 0 bridgehead atoms. The minimum absolute atomic E-state index is 0.124. The average Bonchev–Trinajstić information content (AvgIpc) is 3.34. The molecule has 0 spiro atoms. The summed E-state index contributed by atoms with van der Waals surface area (Å²) in [5.41, 5.74) is 4.08. The number of fused-ring (bicyclic) bond motifs is 2. The van der Waals surface area contributed by atoms with E-state index in [-0.39, 0.29) is 25.0 Å². The van der Waals surface area contributed by atoms with E-state index in [1.54, 1.807) is 6.26 Å². The predicted molar refractivity (Wildman–Crippen MR) is 106 cm³/mol. The van der Waals surface area contributed by atoms with E-state index < -0.39 is 0 Å². The Morgan fingerprint density at radius 1 is 1.21 bits per heavy atom. The molecular formula is C22H20N2O4. The zero-order valence-electron chi connectivity index (χ0n) is 15.5. The summed E-state index contributed by atoms with van der Waals surface area (Å²) in [6.07, 6.45) is 5.11. The number of nitrogens with zero attached hydrogens (tertiary/aromatic N) is 1. The van der Waals surface area contributed by atoms with Crippen LogP contribution in [0, 0.1) is 0 Å². The van der Waals surface area contributed by atoms with Crippen LogP contribution in [-0.2, 0) is 16.0 Å². The molecule has 1 aliphatic rings. The van der Waals surface area contributed by atoms with Crippen LogP contribution in [0.1, 0.15) is 40.7 Å². The second kappa shape index (κ2) is 7.68. The summed E-state index contributed by atoms with van der Waals surface area (Å²) in [6.45, 7) is 1.84. The van der Waals surface area contributed by atoms with Gasteiger partial charge in [-0.2, -0.15) is 0 Å². The Morgan fingerprint density at radius 2 is 2.07 bits per heavy atom. The molecule has 6 heteroatoms. The van der Waals surface area contributed by atoms with E-state index in [1.807, 2.05) is 42.5 Å². The number of rotatable bonds is 5. The molecule has 1 aromatic carbocycles. The number of aromatic nitrogens is 1. The highest BCUT2D eigenvalue weighted by molar-refractivity contribution is 6.07. The molecule has 2 aromatic heterocycles. The lowest BCUT2D eigenvalue weighted by molar-refractivity contribution is -0.119. The number of benzene rings is 1. The fourth-order valence-corrected chi connectivity index (χ4v) is 3.50. The molecule has 0 unspecified atom stereocenters. The van der Waals surface area contributed by atoms with Crippen LogP contribution in [0.2, 0.25) is 0 Å². The van der Waals surface area contributed by atoms with Crippen molar-refractivity contribution in [1.29, 1.82) is 0 Å². The molecule has 0 saturated carbocycles. The Kier molecular flexibility index (Phi) is 4.93. The number of carbonyl (C=O) groups excluding carboxylic acids is 2. The summed E-state index contributed by atoms with van der Waals surface area (Å²) in [6, 6.07) is 11.3. The van der Waals surface area contributed by atoms with Gasteiger partial charge in [-0.15, -0.1) is 0 Å². The molecule has 0 atom stereocenters. The molecule has 3 aromatic rings. The van der Waals surface area contributed by atoms with Crippen LogP contribution in [0.3, 0.4) is 0 Å². The first-order valence-corrected chi connectivity index (χ1v) is 9.21. The first-order valence-electron chi connectivity index (χ1n) is 9.21. The van der Waals surface area contributed by atoms with Gasteiger partial charge in [0.05, 0.1) is 29.6 Å². The molecule has 0 aliphatic heterocycles. The van der Waals surface area contributed by atoms with E-state index in [0.29, 0.717) is 5.56 Å². The molecular weight excluding hydrogens is 356 g/mol. The number of esters is 1. The van der Waals surface area contributed by atoms with E-state index in [2.05, 4.69) is 5.32 Å². The number of hydrogen-bond donors (Lipinski definition) is 1. The van der Waals surface area contributed by atoms with Crippen molar-refractivity contribution in [2.24, 2.45) is 0 Å². The molecule has 0 saturated heterocycles. The van der Waals surface area contributed by atoms with Gasteiger partial charge in [0.2, 0.25) is 5.91 Å². The zero-order valence-corrected chi connectivity index (χ0v) is 15.5. The molecule has 2 heterocycles. The third-order valence-corrected chi connectivity index (χ3v) is 4.71. The fourth-order valence-electron chi connectivity index (χ4n) is 3.50. The van der Waals surface area contributed by atoms with Crippen LogP contribution >= 0.6 is 0 Å². The number of amides is 1. The molecule has 1 amide bonds. The van der Waals surface area contributed by atoms with E-state index in [9.17, 15) is 9.59 Å². The van der Waals surface area contributed by atoms with Gasteiger partial charge in [0, 0.05) is 12.3 Å². The summed E-state index contributed by atoms with van der Waals surface area (Å²) < 4.78 is 10.9. The van der Waals surface area contributed by atoms with Gasteiger partial charge < -0.3 is 14.5 Å². The number of carbonyl (C=O) groups is 2. The number of ether oxygens (including phenoxy) is 1. The van der Waals surface area contributed by atoms with Crippen molar-refractivity contribution in [2.45, 2.75) is 19.8 Å². The number of nitrogens with one attached hydrogen (secondary N) is 1. The summed E-state index contributed by atoms with van der Waals surface area (Å²) in [5, 5.41) is 3.41. The normalized spacial score (nSPS) is 14.2. The van der Waals surface area contributed by atoms with Gasteiger partial charge >= 0.3 is 5.97 Å². The van der Waals surface area contributed by atoms with Crippen molar-refractivity contribution in [3.63, 3.8) is 0 Å². The average molecular weight is 376 g/mol. The largest absolute Gasteiger partial charge is 0.465 e. The highest BCUT2D eigenvalue weighted by Crippen LogP contribution is 2.37. The van der Waals surface area contributed by atoms with E-state index >= 15 is 0 Å². The van der Waals surface area contributed by atoms with Gasteiger partial charge in [0.1, 0.15) is 12.4 Å². The highest BCUT2D eigenvalue weighted by atomic mass is 16.5. The SMILES string of the molecule is CC(=O)NCCOC(=O)c1c2c(nc3ccccc13)C(=Cc1ccco1)CC2. The van der Waals surface area contributed by atoms with Gasteiger partial charge in [-0.05, 0) is 48.3 Å². The minimum Gasteiger partial charge on any atom is -0.465 e. The van der Waals surface area contributed by atoms with Gasteiger partial charge in [0.15, 0.2) is 0 Å². The summed E-state index contributed by atoms with van der Waals surface area (Å²) in [5.74, 6) is 0.218. The lowest BCUT2D eigenvalue weighted by Gasteiger charge is -2.12. The standard InChI is InChI=1S/C22H20N2O4/c1-14(25)23-10-12-28-22(26)20-17-6-2-3-7-19(17)24-21-15(8-9-18(20)21)13-16-5-4-11-27-16/h2-7,11,13H,8-10,12H2,1H3,(H,23,25). The van der Waals surface area contributed by atoms with Gasteiger partial charge in [-0.25, -0.2) is 9.78 Å². The Bertz CT molecular complexity index is 1070. The maximum absolute atomic E-state index is 12.9. The number of allylic oxidation sites excluding steroid dienone is 1. The number of furan rings is 1. The Hall–Kier alpha value is -3.41. The smallest absolute Gasteiger partial charge is 0.339 e. The van der Waals surface area contributed by atoms with Crippen LogP contribution in [0.25, 0.3) is 22.6 Å². The predicted octanol–water partition coefficient (Wildman–Crippen LogP) is 3.61. The number of hydrogen-bond acceptors (Lipinski definition) is 5. The van der Waals surface area contributed by atoms with E-state index in [4.69, 9.17) is 14.1 Å². The fraction of sp³-hybridized carbons (Fsp3) is 0.227. The van der Waals surface area contributed by atoms with Crippen LogP contribution in [0.4, 0.5) is 0 Å². The number of para-hydroxylation sites is 1. The van der Waals surface area contributed by atoms with Crippen molar-refractivity contribution in [2.75, 3.05) is 13.2 Å². The Balaban J connectivity index is 1.72. The van der Waals surface area contributed by atoms with Crippen LogP contribution in [0.5, 0.6) is 0 Å². The first-order chi connectivity index (χ1) is 13.6. The summed E-state index contributed by atoms with van der Waals surface area (Å²) in [7, 11) is 0. The Morgan fingerprint density at radius 3 is 2.86 bits per heavy atom. The zero-order chi connectivity index (χ0) is 19.5. The molecule has 1 N–H and O–H groups in total. The Labute approximate surface area is 162 Å². The van der Waals surface area contributed by atoms with Crippen molar-refractivity contribution >= 4 is 34.4 Å². The molecule has 0 radical (unpaired) electrons. The van der Waals surface area contributed by atoms with Gasteiger partial charge in [-0.3, -0.25) is 4.79 Å². The third-order valence-electron chi connectivity index (χ3n) is 4.71. The lowest BCUT2D eigenvalue weighted by Crippen LogP contribution is -2.25. The van der Waals surface area contributed by atoms with Crippen LogP contribution in [-0.4, -0.2) is 30.0 Å². The minimum atomic E-state index is -0.389. The van der Waals surface area contributed by atoms with Crippen molar-refractivity contribution in [1.82, 2.24) is 10.3 Å². The van der Waals surface area contributed by atoms with E-state index in [1.165, 1.54) is 6.92 Å². The van der Waals surface area contributed by atoms with E-state index in [0.717, 1.165) is 46.3 Å². The van der Waals surface area contributed by atoms with Crippen molar-refractivity contribution < 1.29 is 18.7 Å². The molecule has 0 fully saturated rings. The topological polar surface area (TPSA) is 81.4 Å². The van der Waals surface area contributed by atoms with Gasteiger partial charge in [0.25, 0.3) is 0 Å². The summed E-state index contributed by atoms with van der Waals surface area (Å²) >= 11 is 0. The quantitative estimate of drug-likeness (QED) is 0.543. The maximum Gasteiger partial charge on any atom is 0.339 e. The monoisotopic (exact) mass is 376 g/mol. The molecule has 28 heavy (non-hydrogen) atoms.